The molecule has 2 aromatic carbocycles. The second kappa shape index (κ2) is 6.19. The number of fused-ring (bicyclic) bond motifs is 1. The zero-order chi connectivity index (χ0) is 18.2. The van der Waals surface area contributed by atoms with Crippen molar-refractivity contribution < 1.29 is 8.42 Å². The summed E-state index contributed by atoms with van der Waals surface area (Å²) in [6, 6.07) is 12.8. The lowest BCUT2D eigenvalue weighted by atomic mass is 10.1. The zero-order valence-corrected chi connectivity index (χ0v) is 14.7. The lowest BCUT2D eigenvalue weighted by molar-refractivity contribution is 0.595. The number of hydrogen-bond donors (Lipinski definition) is 0. The fraction of sp³-hybridized carbons (Fsp3) is 0.158. The molecule has 0 amide bonds. The molecule has 0 radical (unpaired) electrons. The van der Waals surface area contributed by atoms with E-state index in [1.807, 2.05) is 13.0 Å². The molecule has 6 heteroatoms. The van der Waals surface area contributed by atoms with Gasteiger partial charge in [0.25, 0.3) is 5.56 Å². The highest BCUT2D eigenvalue weighted by molar-refractivity contribution is 7.90. The average molecular weight is 352 g/mol. The van der Waals surface area contributed by atoms with Crippen molar-refractivity contribution in [2.45, 2.75) is 17.6 Å². The minimum Gasteiger partial charge on any atom is -0.311 e. The van der Waals surface area contributed by atoms with Crippen molar-refractivity contribution in [1.82, 2.24) is 4.57 Å². The van der Waals surface area contributed by atoms with Crippen LogP contribution in [0.4, 0.5) is 5.69 Å². The minimum atomic E-state index is -3.51. The van der Waals surface area contributed by atoms with Gasteiger partial charge >= 0.3 is 0 Å². The number of pyridine rings is 1. The maximum absolute atomic E-state index is 12.6. The van der Waals surface area contributed by atoms with Crippen molar-refractivity contribution >= 4 is 26.4 Å². The number of aromatic nitrogens is 1. The molecule has 0 bridgehead atoms. The van der Waals surface area contributed by atoms with Crippen LogP contribution >= 0.6 is 0 Å². The van der Waals surface area contributed by atoms with Gasteiger partial charge in [-0.2, -0.15) is 0 Å². The predicted octanol–water partition coefficient (Wildman–Crippen LogP) is 3.37. The van der Waals surface area contributed by atoms with E-state index in [0.717, 1.165) is 16.5 Å². The quantitative estimate of drug-likeness (QED) is 0.679. The monoisotopic (exact) mass is 352 g/mol. The molecule has 0 aliphatic heterocycles. The van der Waals surface area contributed by atoms with Gasteiger partial charge in [0.2, 0.25) is 0 Å². The maximum atomic E-state index is 12.6. The van der Waals surface area contributed by atoms with Gasteiger partial charge in [-0.1, -0.05) is 30.3 Å². The highest BCUT2D eigenvalue weighted by Gasteiger charge is 2.16. The van der Waals surface area contributed by atoms with Gasteiger partial charge in [0.05, 0.1) is 22.7 Å². The number of aryl methyl sites for hydroxylation is 2. The lowest BCUT2D eigenvalue weighted by Gasteiger charge is -2.10. The number of hydrogen-bond acceptors (Lipinski definition) is 3. The van der Waals surface area contributed by atoms with E-state index in [2.05, 4.69) is 4.85 Å². The van der Waals surface area contributed by atoms with Gasteiger partial charge in [-0.15, -0.1) is 0 Å². The first-order chi connectivity index (χ1) is 11.8. The van der Waals surface area contributed by atoms with Crippen LogP contribution in [0.3, 0.4) is 0 Å². The Hall–Kier alpha value is -2.91. The molecule has 126 valence electrons. The predicted molar refractivity (Wildman–Crippen MR) is 97.5 cm³/mol. The third kappa shape index (κ3) is 3.19. The molecule has 0 spiro atoms. The second-order valence-corrected chi connectivity index (χ2v) is 7.93. The molecule has 0 atom stereocenters. The molecule has 0 N–H and O–H groups in total. The molecule has 25 heavy (non-hydrogen) atoms. The van der Waals surface area contributed by atoms with Crippen molar-refractivity contribution in [3.05, 3.63) is 81.4 Å². The fourth-order valence-electron chi connectivity index (χ4n) is 2.79. The standard InChI is InChI=1S/C19H16N2O3S/c1-13-10-19(22)21(3)18-9-4-14(11-17(13)18)12-25(23,24)16-7-5-15(20-2)6-8-16/h4-11H,12H2,1,3H3. The zero-order valence-electron chi connectivity index (χ0n) is 13.9. The fourth-order valence-corrected chi connectivity index (χ4v) is 4.13. The van der Waals surface area contributed by atoms with Crippen LogP contribution in [0.25, 0.3) is 15.7 Å². The van der Waals surface area contributed by atoms with Crippen LogP contribution in [-0.4, -0.2) is 13.0 Å². The molecule has 0 fully saturated rings. The van der Waals surface area contributed by atoms with E-state index in [4.69, 9.17) is 6.57 Å². The van der Waals surface area contributed by atoms with E-state index in [9.17, 15) is 13.2 Å². The van der Waals surface area contributed by atoms with Crippen LogP contribution in [0.15, 0.2) is 58.2 Å². The Morgan fingerprint density at radius 2 is 1.76 bits per heavy atom. The maximum Gasteiger partial charge on any atom is 0.251 e. The Bertz CT molecular complexity index is 1170. The van der Waals surface area contributed by atoms with E-state index < -0.39 is 9.84 Å². The molecule has 1 heterocycles. The third-order valence-corrected chi connectivity index (χ3v) is 5.90. The minimum absolute atomic E-state index is 0.0923. The van der Waals surface area contributed by atoms with E-state index in [-0.39, 0.29) is 16.2 Å². The van der Waals surface area contributed by atoms with Crippen molar-refractivity contribution in [2.24, 2.45) is 7.05 Å². The van der Waals surface area contributed by atoms with Crippen molar-refractivity contribution in [3.8, 4) is 0 Å². The number of rotatable bonds is 3. The van der Waals surface area contributed by atoms with Crippen molar-refractivity contribution in [1.29, 1.82) is 0 Å². The van der Waals surface area contributed by atoms with E-state index in [1.165, 1.54) is 24.3 Å². The topological polar surface area (TPSA) is 60.5 Å². The molecule has 3 aromatic rings. The molecule has 0 saturated carbocycles. The first-order valence-electron chi connectivity index (χ1n) is 7.61. The van der Waals surface area contributed by atoms with E-state index >= 15 is 0 Å². The molecule has 0 aliphatic carbocycles. The Kier molecular flexibility index (Phi) is 4.19. The SMILES string of the molecule is [C-]#[N+]c1ccc(S(=O)(=O)Cc2ccc3c(c2)c(C)cc(=O)n3C)cc1. The summed E-state index contributed by atoms with van der Waals surface area (Å²) in [5, 5.41) is 0.859. The summed E-state index contributed by atoms with van der Waals surface area (Å²) in [6.07, 6.45) is 0. The van der Waals surface area contributed by atoms with Crippen LogP contribution in [0, 0.1) is 13.5 Å². The van der Waals surface area contributed by atoms with Crippen LogP contribution < -0.4 is 5.56 Å². The summed E-state index contributed by atoms with van der Waals surface area (Å²) in [4.78, 5) is 15.3. The van der Waals surface area contributed by atoms with E-state index in [0.29, 0.717) is 11.3 Å². The first-order valence-corrected chi connectivity index (χ1v) is 9.26. The highest BCUT2D eigenvalue weighted by Crippen LogP contribution is 2.23. The number of sulfone groups is 1. The Balaban J connectivity index is 2.02. The Morgan fingerprint density at radius 3 is 2.40 bits per heavy atom. The molecule has 0 unspecified atom stereocenters. The molecule has 0 aliphatic rings. The molecule has 5 nitrogen and oxygen atoms in total. The number of nitrogens with zero attached hydrogens (tertiary/aromatic N) is 2. The molecular weight excluding hydrogens is 336 g/mol. The summed E-state index contributed by atoms with van der Waals surface area (Å²) in [5.41, 5.74) is 2.56. The van der Waals surface area contributed by atoms with Gasteiger partial charge in [-0.25, -0.2) is 13.3 Å². The molecule has 1 aromatic heterocycles. The average Bonchev–Trinajstić information content (AvgIpc) is 2.59. The molecule has 3 rings (SSSR count). The summed E-state index contributed by atoms with van der Waals surface area (Å²) in [5.74, 6) is -0.136. The van der Waals surface area contributed by atoms with Crippen LogP contribution in [-0.2, 0) is 22.6 Å². The van der Waals surface area contributed by atoms with Gasteiger partial charge < -0.3 is 4.57 Å². The first kappa shape index (κ1) is 16.9. The van der Waals surface area contributed by atoms with E-state index in [1.54, 1.807) is 29.8 Å². The van der Waals surface area contributed by atoms with Crippen molar-refractivity contribution in [2.75, 3.05) is 0 Å². The van der Waals surface area contributed by atoms with Gasteiger partial charge in [-0.05, 0) is 30.2 Å². The van der Waals surface area contributed by atoms with Gasteiger partial charge in [0.1, 0.15) is 0 Å². The normalized spacial score (nSPS) is 11.4. The van der Waals surface area contributed by atoms with Crippen molar-refractivity contribution in [3.63, 3.8) is 0 Å². The lowest BCUT2D eigenvalue weighted by Crippen LogP contribution is -2.16. The molecule has 0 saturated heterocycles. The summed E-state index contributed by atoms with van der Waals surface area (Å²) >= 11 is 0. The largest absolute Gasteiger partial charge is 0.311 e. The summed E-state index contributed by atoms with van der Waals surface area (Å²) in [7, 11) is -1.82. The highest BCUT2D eigenvalue weighted by atomic mass is 32.2. The smallest absolute Gasteiger partial charge is 0.251 e. The Labute approximate surface area is 145 Å². The van der Waals surface area contributed by atoms with Crippen LogP contribution in [0.5, 0.6) is 0 Å². The third-order valence-electron chi connectivity index (χ3n) is 4.20. The van der Waals surface area contributed by atoms with Gasteiger partial charge in [-0.3, -0.25) is 4.79 Å². The number of benzene rings is 2. The summed E-state index contributed by atoms with van der Waals surface area (Å²) in [6.45, 7) is 8.77. The Morgan fingerprint density at radius 1 is 1.08 bits per heavy atom. The molecular formula is C19H16N2O3S. The van der Waals surface area contributed by atoms with Gasteiger partial charge in [0.15, 0.2) is 15.5 Å². The van der Waals surface area contributed by atoms with Crippen LogP contribution in [0.1, 0.15) is 11.1 Å². The summed E-state index contributed by atoms with van der Waals surface area (Å²) < 4.78 is 26.8. The van der Waals surface area contributed by atoms with Gasteiger partial charge in [0, 0.05) is 18.5 Å². The van der Waals surface area contributed by atoms with Crippen LogP contribution in [0.2, 0.25) is 0 Å². The second-order valence-electron chi connectivity index (χ2n) is 5.94.